The van der Waals surface area contributed by atoms with Crippen LogP contribution in [0.4, 0.5) is 0 Å². The van der Waals surface area contributed by atoms with Crippen molar-refractivity contribution in [2.24, 2.45) is 5.73 Å². The molecule has 1 aromatic rings. The second kappa shape index (κ2) is 3.85. The van der Waals surface area contributed by atoms with E-state index in [9.17, 15) is 8.42 Å². The largest absolute Gasteiger partial charge is 0.444 e. The van der Waals surface area contributed by atoms with Crippen LogP contribution in [0.5, 0.6) is 0 Å². The minimum atomic E-state index is -2.85. The Morgan fingerprint density at radius 3 is 2.62 bits per heavy atom. The molecule has 1 aromatic heterocycles. The van der Waals surface area contributed by atoms with Crippen molar-refractivity contribution >= 4 is 9.84 Å². The lowest BCUT2D eigenvalue weighted by Crippen LogP contribution is -2.34. The van der Waals surface area contributed by atoms with Crippen molar-refractivity contribution in [2.75, 3.05) is 11.5 Å². The molecule has 90 valence electrons. The average Bonchev–Trinajstić information content (AvgIpc) is 2.72. The third-order valence-electron chi connectivity index (χ3n) is 3.20. The van der Waals surface area contributed by atoms with Crippen LogP contribution in [0.3, 0.4) is 0 Å². The maximum absolute atomic E-state index is 11.4. The van der Waals surface area contributed by atoms with Gasteiger partial charge in [0.05, 0.1) is 24.2 Å². The van der Waals surface area contributed by atoms with Crippen LogP contribution in [-0.4, -0.2) is 24.9 Å². The van der Waals surface area contributed by atoms with Crippen molar-refractivity contribution < 1.29 is 12.8 Å². The Kier molecular flexibility index (Phi) is 2.79. The molecule has 1 aliphatic heterocycles. The van der Waals surface area contributed by atoms with Gasteiger partial charge in [-0.15, -0.1) is 0 Å². The molecule has 2 rings (SSSR count). The van der Waals surface area contributed by atoms with Crippen LogP contribution in [0.1, 0.15) is 31.4 Å². The topological polar surface area (TPSA) is 86.2 Å². The van der Waals surface area contributed by atoms with E-state index in [-0.39, 0.29) is 16.9 Å². The first kappa shape index (κ1) is 11.6. The van der Waals surface area contributed by atoms with Crippen molar-refractivity contribution in [2.45, 2.75) is 31.7 Å². The Morgan fingerprint density at radius 1 is 1.50 bits per heavy atom. The highest BCUT2D eigenvalue weighted by Crippen LogP contribution is 2.35. The number of rotatable bonds is 2. The predicted octanol–water partition coefficient (Wildman–Crippen LogP) is 0.600. The third-order valence-corrected chi connectivity index (χ3v) is 4.85. The highest BCUT2D eigenvalue weighted by molar-refractivity contribution is 7.91. The van der Waals surface area contributed by atoms with Crippen LogP contribution in [-0.2, 0) is 21.8 Å². The molecule has 2 heterocycles. The smallest absolute Gasteiger partial charge is 0.200 e. The fraction of sp³-hybridized carbons (Fsp3) is 0.700. The number of oxazole rings is 1. The van der Waals surface area contributed by atoms with Crippen LogP contribution < -0.4 is 5.73 Å². The summed E-state index contributed by atoms with van der Waals surface area (Å²) in [6, 6.07) is 0. The zero-order valence-corrected chi connectivity index (χ0v) is 10.1. The summed E-state index contributed by atoms with van der Waals surface area (Å²) in [5.41, 5.74) is 5.18. The minimum absolute atomic E-state index is 0.212. The van der Waals surface area contributed by atoms with Gasteiger partial charge >= 0.3 is 0 Å². The zero-order chi connectivity index (χ0) is 11.8. The van der Waals surface area contributed by atoms with Gasteiger partial charge in [0.1, 0.15) is 15.6 Å². The van der Waals surface area contributed by atoms with E-state index in [2.05, 4.69) is 4.98 Å². The summed E-state index contributed by atoms with van der Waals surface area (Å²) in [6.07, 6.45) is 2.75. The second-order valence-electron chi connectivity index (χ2n) is 4.55. The van der Waals surface area contributed by atoms with Gasteiger partial charge in [-0.3, -0.25) is 0 Å². The van der Waals surface area contributed by atoms with Crippen molar-refractivity contribution in [3.8, 4) is 0 Å². The Labute approximate surface area is 95.0 Å². The van der Waals surface area contributed by atoms with Gasteiger partial charge in [-0.2, -0.15) is 0 Å². The zero-order valence-electron chi connectivity index (χ0n) is 9.27. The molecule has 0 aliphatic carbocycles. The van der Waals surface area contributed by atoms with Crippen molar-refractivity contribution in [1.82, 2.24) is 4.98 Å². The summed E-state index contributed by atoms with van der Waals surface area (Å²) >= 11 is 0. The SMILES string of the molecule is CC1(c2ncc(CN)o2)CCS(=O)(=O)CC1. The lowest BCUT2D eigenvalue weighted by atomic mass is 9.84. The number of hydrogen-bond donors (Lipinski definition) is 1. The Morgan fingerprint density at radius 2 is 2.12 bits per heavy atom. The van der Waals surface area contributed by atoms with E-state index in [1.165, 1.54) is 0 Å². The van der Waals surface area contributed by atoms with Gasteiger partial charge in [0.25, 0.3) is 0 Å². The summed E-state index contributed by atoms with van der Waals surface area (Å²) in [7, 11) is -2.85. The monoisotopic (exact) mass is 244 g/mol. The lowest BCUT2D eigenvalue weighted by molar-refractivity contribution is 0.308. The molecule has 0 saturated carbocycles. The van der Waals surface area contributed by atoms with Gasteiger partial charge in [0.2, 0.25) is 0 Å². The third kappa shape index (κ3) is 2.12. The summed E-state index contributed by atoms with van der Waals surface area (Å²) in [4.78, 5) is 4.19. The Hall–Kier alpha value is -0.880. The molecule has 5 nitrogen and oxygen atoms in total. The van der Waals surface area contributed by atoms with Gasteiger partial charge < -0.3 is 10.2 Å². The van der Waals surface area contributed by atoms with E-state index >= 15 is 0 Å². The van der Waals surface area contributed by atoms with E-state index in [4.69, 9.17) is 10.2 Å². The van der Waals surface area contributed by atoms with Crippen molar-refractivity contribution in [1.29, 1.82) is 0 Å². The maximum Gasteiger partial charge on any atom is 0.200 e. The lowest BCUT2D eigenvalue weighted by Gasteiger charge is -2.30. The highest BCUT2D eigenvalue weighted by atomic mass is 32.2. The molecule has 1 saturated heterocycles. The normalized spacial score (nSPS) is 23.1. The fourth-order valence-electron chi connectivity index (χ4n) is 1.88. The Balaban J connectivity index is 2.20. The van der Waals surface area contributed by atoms with Gasteiger partial charge in [0.15, 0.2) is 5.89 Å². The summed E-state index contributed by atoms with van der Waals surface area (Å²) in [5.74, 6) is 1.68. The Bertz CT molecular complexity index is 464. The molecular formula is C10H16N2O3S. The van der Waals surface area contributed by atoms with E-state index in [1.54, 1.807) is 6.20 Å². The predicted molar refractivity (Wildman–Crippen MR) is 59.6 cm³/mol. The number of aromatic nitrogens is 1. The summed E-state index contributed by atoms with van der Waals surface area (Å²) in [6.45, 7) is 2.31. The van der Waals surface area contributed by atoms with E-state index in [0.717, 1.165) is 0 Å². The molecule has 0 radical (unpaired) electrons. The van der Waals surface area contributed by atoms with E-state index in [1.807, 2.05) is 6.92 Å². The van der Waals surface area contributed by atoms with Crippen LogP contribution in [0, 0.1) is 0 Å². The highest BCUT2D eigenvalue weighted by Gasteiger charge is 2.38. The van der Waals surface area contributed by atoms with Crippen LogP contribution in [0.25, 0.3) is 0 Å². The first-order chi connectivity index (χ1) is 7.45. The molecule has 2 N–H and O–H groups in total. The van der Waals surface area contributed by atoms with Gasteiger partial charge in [-0.05, 0) is 12.8 Å². The summed E-state index contributed by atoms with van der Waals surface area (Å²) < 4.78 is 28.2. The van der Waals surface area contributed by atoms with Gasteiger partial charge in [-0.25, -0.2) is 13.4 Å². The second-order valence-corrected chi connectivity index (χ2v) is 6.85. The number of nitrogens with two attached hydrogens (primary N) is 1. The number of sulfone groups is 1. The maximum atomic E-state index is 11.4. The first-order valence-corrected chi connectivity index (χ1v) is 7.13. The van der Waals surface area contributed by atoms with E-state index in [0.29, 0.717) is 31.0 Å². The first-order valence-electron chi connectivity index (χ1n) is 5.31. The quantitative estimate of drug-likeness (QED) is 0.823. The van der Waals surface area contributed by atoms with Gasteiger partial charge in [0, 0.05) is 5.41 Å². The van der Waals surface area contributed by atoms with Crippen LogP contribution in [0.15, 0.2) is 10.6 Å². The molecule has 0 bridgehead atoms. The summed E-state index contributed by atoms with van der Waals surface area (Å²) in [5, 5.41) is 0. The number of nitrogens with zero attached hydrogens (tertiary/aromatic N) is 1. The molecule has 0 unspecified atom stereocenters. The van der Waals surface area contributed by atoms with Crippen molar-refractivity contribution in [3.63, 3.8) is 0 Å². The van der Waals surface area contributed by atoms with Crippen LogP contribution in [0.2, 0.25) is 0 Å². The molecule has 0 amide bonds. The van der Waals surface area contributed by atoms with Gasteiger partial charge in [-0.1, -0.05) is 6.92 Å². The molecule has 0 spiro atoms. The molecule has 1 fully saturated rings. The standard InChI is InChI=1S/C10H16N2O3S/c1-10(2-4-16(13,14)5-3-10)9-12-7-8(6-11)15-9/h7H,2-6,11H2,1H3. The molecule has 1 aliphatic rings. The number of hydrogen-bond acceptors (Lipinski definition) is 5. The van der Waals surface area contributed by atoms with E-state index < -0.39 is 9.84 Å². The van der Waals surface area contributed by atoms with Crippen molar-refractivity contribution in [3.05, 3.63) is 17.8 Å². The molecule has 6 heteroatoms. The fourth-order valence-corrected chi connectivity index (χ4v) is 3.61. The minimum Gasteiger partial charge on any atom is -0.444 e. The molecule has 0 atom stereocenters. The average molecular weight is 244 g/mol. The molecule has 16 heavy (non-hydrogen) atoms. The molecule has 0 aromatic carbocycles. The van der Waals surface area contributed by atoms with Crippen LogP contribution >= 0.6 is 0 Å². The molecular weight excluding hydrogens is 228 g/mol.